The molecule has 4 rings (SSSR count). The summed E-state index contributed by atoms with van der Waals surface area (Å²) < 4.78 is 14.0. The number of nitrogens with zero attached hydrogens (tertiary/aromatic N) is 5. The highest BCUT2D eigenvalue weighted by atomic mass is 127. The van der Waals surface area contributed by atoms with Gasteiger partial charge in [-0.3, -0.25) is 9.89 Å². The lowest BCUT2D eigenvalue weighted by atomic mass is 10.1. The van der Waals surface area contributed by atoms with Crippen molar-refractivity contribution in [3.8, 4) is 0 Å². The lowest BCUT2D eigenvalue weighted by molar-refractivity contribution is 0.254. The molecule has 0 amide bonds. The fraction of sp³-hybridized carbons (Fsp3) is 0.708. The van der Waals surface area contributed by atoms with Crippen LogP contribution in [-0.4, -0.2) is 99.7 Å². The van der Waals surface area contributed by atoms with Crippen LogP contribution in [0.2, 0.25) is 0 Å². The van der Waals surface area contributed by atoms with E-state index in [-0.39, 0.29) is 29.8 Å². The maximum Gasteiger partial charge on any atom is 0.193 e. The Kier molecular flexibility index (Phi) is 10.3. The van der Waals surface area contributed by atoms with Gasteiger partial charge in [-0.25, -0.2) is 4.39 Å². The van der Waals surface area contributed by atoms with E-state index in [2.05, 4.69) is 29.9 Å². The smallest absolute Gasteiger partial charge is 0.193 e. The standard InChI is InChI=1S/C24H39FN6.HI/c1-26-24(31-14-9-21(20-31)19-29-11-4-5-12-29)27-10-6-13-28-15-17-30(18-16-28)23-8-3-2-7-22(23)25;/h2-3,7-8,21H,4-6,9-20H2,1H3,(H,26,27);1H. The van der Waals surface area contributed by atoms with Gasteiger partial charge in [0.15, 0.2) is 5.96 Å². The molecule has 6 nitrogen and oxygen atoms in total. The summed E-state index contributed by atoms with van der Waals surface area (Å²) in [5.74, 6) is 1.73. The minimum absolute atomic E-state index is 0. The zero-order chi connectivity index (χ0) is 21.5. The number of rotatable bonds is 7. The van der Waals surface area contributed by atoms with Crippen LogP contribution < -0.4 is 10.2 Å². The SMILES string of the molecule is CN=C(NCCCN1CCN(c2ccccc2F)CC1)N1CCC(CN2CCCC2)C1.I. The number of halogens is 2. The maximum atomic E-state index is 14.0. The number of para-hydroxylation sites is 1. The number of hydrogen-bond acceptors (Lipinski definition) is 4. The molecule has 3 saturated heterocycles. The minimum Gasteiger partial charge on any atom is -0.367 e. The summed E-state index contributed by atoms with van der Waals surface area (Å²) in [7, 11) is 1.90. The molecule has 1 atom stereocenters. The van der Waals surface area contributed by atoms with Crippen LogP contribution in [0.5, 0.6) is 0 Å². The summed E-state index contributed by atoms with van der Waals surface area (Å²) >= 11 is 0. The first-order chi connectivity index (χ1) is 15.2. The highest BCUT2D eigenvalue weighted by Crippen LogP contribution is 2.21. The summed E-state index contributed by atoms with van der Waals surface area (Å²) in [6, 6.07) is 7.11. The zero-order valence-electron chi connectivity index (χ0n) is 19.5. The van der Waals surface area contributed by atoms with Gasteiger partial charge in [-0.15, -0.1) is 24.0 Å². The molecule has 1 aromatic rings. The molecule has 0 aromatic heterocycles. The van der Waals surface area contributed by atoms with Gasteiger partial charge in [-0.05, 0) is 63.4 Å². The van der Waals surface area contributed by atoms with Gasteiger partial charge in [0.1, 0.15) is 5.82 Å². The number of anilines is 1. The fourth-order valence-electron chi connectivity index (χ4n) is 5.26. The number of likely N-dealkylation sites (tertiary alicyclic amines) is 2. The summed E-state index contributed by atoms with van der Waals surface area (Å²) in [5.41, 5.74) is 0.737. The predicted molar refractivity (Wildman–Crippen MR) is 142 cm³/mol. The number of guanidine groups is 1. The average molecular weight is 559 g/mol. The van der Waals surface area contributed by atoms with Crippen LogP contribution in [0, 0.1) is 11.7 Å². The minimum atomic E-state index is -0.115. The van der Waals surface area contributed by atoms with Crippen LogP contribution in [0.3, 0.4) is 0 Å². The van der Waals surface area contributed by atoms with E-state index in [1.807, 2.05) is 19.2 Å². The Bertz CT molecular complexity index is 718. The number of hydrogen-bond donors (Lipinski definition) is 1. The van der Waals surface area contributed by atoms with Gasteiger partial charge in [0.2, 0.25) is 0 Å². The molecule has 0 aliphatic carbocycles. The van der Waals surface area contributed by atoms with Crippen molar-refractivity contribution in [2.45, 2.75) is 25.7 Å². The van der Waals surface area contributed by atoms with Crippen LogP contribution in [0.1, 0.15) is 25.7 Å². The Morgan fingerprint density at radius 1 is 1.03 bits per heavy atom. The van der Waals surface area contributed by atoms with Crippen LogP contribution in [0.4, 0.5) is 10.1 Å². The van der Waals surface area contributed by atoms with Crippen molar-refractivity contribution in [2.24, 2.45) is 10.9 Å². The monoisotopic (exact) mass is 558 g/mol. The second-order valence-corrected chi connectivity index (χ2v) is 9.22. The van der Waals surface area contributed by atoms with Crippen LogP contribution in [0.15, 0.2) is 29.3 Å². The van der Waals surface area contributed by atoms with Crippen molar-refractivity contribution in [3.63, 3.8) is 0 Å². The molecule has 3 aliphatic heterocycles. The molecule has 3 fully saturated rings. The van der Waals surface area contributed by atoms with Crippen LogP contribution in [-0.2, 0) is 0 Å². The van der Waals surface area contributed by atoms with Crippen molar-refractivity contribution in [2.75, 3.05) is 83.9 Å². The number of piperazine rings is 1. The van der Waals surface area contributed by atoms with Crippen LogP contribution >= 0.6 is 24.0 Å². The van der Waals surface area contributed by atoms with Gasteiger partial charge in [-0.2, -0.15) is 0 Å². The molecule has 0 saturated carbocycles. The van der Waals surface area contributed by atoms with Crippen LogP contribution in [0.25, 0.3) is 0 Å². The van der Waals surface area contributed by atoms with E-state index >= 15 is 0 Å². The third-order valence-electron chi connectivity index (χ3n) is 7.01. The molecule has 1 aromatic carbocycles. The van der Waals surface area contributed by atoms with Crippen molar-refractivity contribution in [1.82, 2.24) is 20.0 Å². The van der Waals surface area contributed by atoms with E-state index in [0.717, 1.165) is 76.3 Å². The molecule has 0 bridgehead atoms. The fourth-order valence-corrected chi connectivity index (χ4v) is 5.26. The lowest BCUT2D eigenvalue weighted by Gasteiger charge is -2.36. The zero-order valence-corrected chi connectivity index (χ0v) is 21.8. The maximum absolute atomic E-state index is 14.0. The molecule has 8 heteroatoms. The molecule has 0 spiro atoms. The molecular formula is C24H40FIN6. The molecule has 1 unspecified atom stereocenters. The van der Waals surface area contributed by atoms with E-state index < -0.39 is 0 Å². The molecule has 32 heavy (non-hydrogen) atoms. The quantitative estimate of drug-likeness (QED) is 0.241. The van der Waals surface area contributed by atoms with Crippen molar-refractivity contribution in [3.05, 3.63) is 30.1 Å². The van der Waals surface area contributed by atoms with Gasteiger partial charge >= 0.3 is 0 Å². The first-order valence-corrected chi connectivity index (χ1v) is 12.1. The molecule has 1 N–H and O–H groups in total. The Balaban J connectivity index is 0.00000289. The first kappa shape index (κ1) is 25.5. The lowest BCUT2D eigenvalue weighted by Crippen LogP contribution is -2.47. The molecule has 3 heterocycles. The molecule has 180 valence electrons. The predicted octanol–water partition coefficient (Wildman–Crippen LogP) is 2.95. The molecular weight excluding hydrogens is 518 g/mol. The number of benzene rings is 1. The van der Waals surface area contributed by atoms with E-state index in [1.54, 1.807) is 12.1 Å². The second-order valence-electron chi connectivity index (χ2n) is 9.22. The third kappa shape index (κ3) is 6.93. The highest BCUT2D eigenvalue weighted by molar-refractivity contribution is 14.0. The van der Waals surface area contributed by atoms with Crippen molar-refractivity contribution in [1.29, 1.82) is 0 Å². The largest absolute Gasteiger partial charge is 0.367 e. The summed E-state index contributed by atoms with van der Waals surface area (Å²) in [6.45, 7) is 11.9. The summed E-state index contributed by atoms with van der Waals surface area (Å²) in [6.07, 6.45) is 5.13. The third-order valence-corrected chi connectivity index (χ3v) is 7.01. The van der Waals surface area contributed by atoms with E-state index in [1.165, 1.54) is 38.9 Å². The van der Waals surface area contributed by atoms with Gasteiger partial charge in [0, 0.05) is 59.4 Å². The molecule has 3 aliphatic rings. The van der Waals surface area contributed by atoms with E-state index in [0.29, 0.717) is 0 Å². The van der Waals surface area contributed by atoms with Gasteiger partial charge < -0.3 is 20.0 Å². The topological polar surface area (TPSA) is 37.4 Å². The van der Waals surface area contributed by atoms with Gasteiger partial charge in [0.25, 0.3) is 0 Å². The highest BCUT2D eigenvalue weighted by Gasteiger charge is 2.27. The average Bonchev–Trinajstić information content (AvgIpc) is 3.47. The Morgan fingerprint density at radius 2 is 1.78 bits per heavy atom. The number of nitrogens with one attached hydrogen (secondary N) is 1. The molecule has 0 radical (unpaired) electrons. The Labute approximate surface area is 210 Å². The first-order valence-electron chi connectivity index (χ1n) is 12.1. The summed E-state index contributed by atoms with van der Waals surface area (Å²) in [5, 5.41) is 3.58. The Hall–Kier alpha value is -1.13. The van der Waals surface area contributed by atoms with Gasteiger partial charge in [0.05, 0.1) is 5.69 Å². The summed E-state index contributed by atoms with van der Waals surface area (Å²) in [4.78, 5) is 14.3. The number of aliphatic imine (C=N–C) groups is 1. The van der Waals surface area contributed by atoms with E-state index in [4.69, 9.17) is 0 Å². The van der Waals surface area contributed by atoms with Gasteiger partial charge in [-0.1, -0.05) is 12.1 Å². The second kappa shape index (κ2) is 12.9. The van der Waals surface area contributed by atoms with Crippen molar-refractivity contribution < 1.29 is 4.39 Å². The van der Waals surface area contributed by atoms with Crippen molar-refractivity contribution >= 4 is 35.6 Å². The van der Waals surface area contributed by atoms with E-state index in [9.17, 15) is 4.39 Å². The normalized spacial score (nSPS) is 22.9. The Morgan fingerprint density at radius 3 is 2.50 bits per heavy atom.